The zero-order chi connectivity index (χ0) is 28.1. The van der Waals surface area contributed by atoms with E-state index in [-0.39, 0.29) is 18.1 Å². The maximum Gasteiger partial charge on any atom is 0.333 e. The quantitative estimate of drug-likeness (QED) is 0.325. The third-order valence-electron chi connectivity index (χ3n) is 6.60. The maximum atomic E-state index is 13.4. The van der Waals surface area contributed by atoms with Gasteiger partial charge in [0.15, 0.2) is 0 Å². The third kappa shape index (κ3) is 5.01. The van der Waals surface area contributed by atoms with Crippen LogP contribution < -0.4 is 11.0 Å². The molecule has 0 fully saturated rings. The van der Waals surface area contributed by atoms with Crippen molar-refractivity contribution in [2.45, 2.75) is 46.6 Å². The highest BCUT2D eigenvalue weighted by Gasteiger charge is 2.20. The molecule has 0 aliphatic heterocycles. The molecule has 0 aliphatic rings. The molecule has 0 unspecified atom stereocenters. The van der Waals surface area contributed by atoms with Gasteiger partial charge in [-0.15, -0.1) is 0 Å². The molecule has 5 rings (SSSR count). The summed E-state index contributed by atoms with van der Waals surface area (Å²) in [4.78, 5) is 34.7. The largest absolute Gasteiger partial charge is 0.460 e. The zero-order valence-corrected chi connectivity index (χ0v) is 23.4. The fourth-order valence-electron chi connectivity index (χ4n) is 4.77. The molecule has 202 valence electrons. The Bertz CT molecular complexity index is 1790. The lowest BCUT2D eigenvalue weighted by atomic mass is 10.0. The number of carbonyl (C=O) groups excluding carboxylic acids is 1. The summed E-state index contributed by atoms with van der Waals surface area (Å²) in [5.74, 6) is -0.249. The summed E-state index contributed by atoms with van der Waals surface area (Å²) in [6.45, 7) is 9.82. The normalized spacial score (nSPS) is 11.9. The Morgan fingerprint density at radius 2 is 1.79 bits per heavy atom. The van der Waals surface area contributed by atoms with Crippen LogP contribution in [0, 0.1) is 13.8 Å². The number of nitrogens with zero attached hydrogens (tertiary/aromatic N) is 6. The molecule has 0 saturated heterocycles. The number of hydrogen-bond acceptors (Lipinski definition) is 7. The van der Waals surface area contributed by atoms with E-state index >= 15 is 0 Å². The number of aromatic nitrogens is 6. The van der Waals surface area contributed by atoms with Crippen molar-refractivity contribution in [3.63, 3.8) is 0 Å². The summed E-state index contributed by atoms with van der Waals surface area (Å²) in [5.41, 5.74) is 6.64. The van der Waals surface area contributed by atoms with E-state index < -0.39 is 5.60 Å². The van der Waals surface area contributed by atoms with Crippen LogP contribution >= 0.6 is 0 Å². The van der Waals surface area contributed by atoms with Crippen molar-refractivity contribution in [1.82, 2.24) is 28.9 Å². The van der Waals surface area contributed by atoms with Crippen molar-refractivity contribution in [3.05, 3.63) is 64.7 Å². The van der Waals surface area contributed by atoms with E-state index in [1.165, 1.54) is 0 Å². The van der Waals surface area contributed by atoms with Crippen molar-refractivity contribution < 1.29 is 9.53 Å². The minimum Gasteiger partial charge on any atom is -0.460 e. The van der Waals surface area contributed by atoms with Gasteiger partial charge in [-0.1, -0.05) is 6.07 Å². The minimum absolute atomic E-state index is 0.158. The number of anilines is 1. The fraction of sp³-hybridized carbons (Fsp3) is 0.345. The van der Waals surface area contributed by atoms with Crippen molar-refractivity contribution in [2.24, 2.45) is 14.1 Å². The Labute approximate surface area is 226 Å². The van der Waals surface area contributed by atoms with Crippen LogP contribution in [0.1, 0.15) is 38.6 Å². The van der Waals surface area contributed by atoms with Gasteiger partial charge < -0.3 is 10.1 Å². The van der Waals surface area contributed by atoms with E-state index in [1.54, 1.807) is 27.1 Å². The average molecular weight is 528 g/mol. The van der Waals surface area contributed by atoms with Gasteiger partial charge in [-0.25, -0.2) is 4.79 Å². The van der Waals surface area contributed by atoms with Crippen LogP contribution in [0.3, 0.4) is 0 Å². The average Bonchev–Trinajstić information content (AvgIpc) is 3.33. The lowest BCUT2D eigenvalue weighted by Gasteiger charge is -2.19. The lowest BCUT2D eigenvalue weighted by molar-refractivity contribution is -0.154. The second-order valence-corrected chi connectivity index (χ2v) is 10.8. The molecule has 0 saturated carbocycles. The molecule has 5 aromatic rings. The fourth-order valence-corrected chi connectivity index (χ4v) is 4.77. The molecule has 39 heavy (non-hydrogen) atoms. The molecule has 4 aromatic heterocycles. The van der Waals surface area contributed by atoms with Crippen molar-refractivity contribution in [2.75, 3.05) is 11.9 Å². The number of hydrogen-bond donors (Lipinski definition) is 1. The van der Waals surface area contributed by atoms with Gasteiger partial charge in [-0.2, -0.15) is 5.10 Å². The van der Waals surface area contributed by atoms with E-state index in [1.807, 2.05) is 78.3 Å². The number of pyridine rings is 2. The molecule has 0 atom stereocenters. The first-order chi connectivity index (χ1) is 18.4. The minimum atomic E-state index is -0.510. The predicted molar refractivity (Wildman–Crippen MR) is 152 cm³/mol. The number of fused-ring (bicyclic) bond motifs is 3. The Morgan fingerprint density at radius 1 is 1.03 bits per heavy atom. The molecule has 1 aromatic carbocycles. The zero-order valence-electron chi connectivity index (χ0n) is 23.4. The second-order valence-electron chi connectivity index (χ2n) is 10.8. The summed E-state index contributed by atoms with van der Waals surface area (Å²) in [6, 6.07) is 8.02. The lowest BCUT2D eigenvalue weighted by Crippen LogP contribution is -2.25. The molecule has 1 N–H and O–H groups in total. The molecule has 0 radical (unpaired) electrons. The van der Waals surface area contributed by atoms with E-state index in [0.29, 0.717) is 6.54 Å². The number of esters is 1. The number of ether oxygens (including phenoxy) is 1. The van der Waals surface area contributed by atoms with Gasteiger partial charge in [0.05, 0.1) is 51.9 Å². The van der Waals surface area contributed by atoms with Crippen LogP contribution in [0.4, 0.5) is 5.69 Å². The standard InChI is InChI=1S/C29H33N7O3/c1-17-23(30-11-10-26(37)39-29(3,4)5)13-20(14-31-17)19-8-9-22-21(12-19)27-24(15-32-22)35(7)28(38)36(27)25-16-34(6)33-18(25)2/h8-9,12-16,30H,10-11H2,1-7H3. The van der Waals surface area contributed by atoms with E-state index in [2.05, 4.69) is 20.4 Å². The van der Waals surface area contributed by atoms with E-state index in [4.69, 9.17) is 4.74 Å². The SMILES string of the molecule is Cc1ncc(-c2ccc3ncc4c(c3c2)n(-c2cn(C)nc2C)c(=O)n4C)cc1NCCC(=O)OC(C)(C)C. The van der Waals surface area contributed by atoms with E-state index in [0.717, 1.165) is 55.8 Å². The van der Waals surface area contributed by atoms with Gasteiger partial charge in [-0.05, 0) is 58.4 Å². The monoisotopic (exact) mass is 527 g/mol. The van der Waals surface area contributed by atoms with Gasteiger partial charge in [0, 0.05) is 44.0 Å². The third-order valence-corrected chi connectivity index (χ3v) is 6.60. The van der Waals surface area contributed by atoms with Crippen molar-refractivity contribution in [3.8, 4) is 16.8 Å². The molecule has 0 spiro atoms. The number of nitrogens with one attached hydrogen (secondary N) is 1. The van der Waals surface area contributed by atoms with Crippen LogP contribution in [-0.4, -0.2) is 47.0 Å². The van der Waals surface area contributed by atoms with Crippen LogP contribution in [0.25, 0.3) is 38.8 Å². The van der Waals surface area contributed by atoms with Gasteiger partial charge in [-0.3, -0.25) is 28.6 Å². The molecular formula is C29H33N7O3. The number of benzene rings is 1. The number of rotatable bonds is 6. The number of imidazole rings is 1. The topological polar surface area (TPSA) is 109 Å². The van der Waals surface area contributed by atoms with E-state index in [9.17, 15) is 9.59 Å². The Morgan fingerprint density at radius 3 is 2.49 bits per heavy atom. The highest BCUT2D eigenvalue weighted by atomic mass is 16.6. The van der Waals surface area contributed by atoms with Crippen molar-refractivity contribution >= 4 is 33.6 Å². The maximum absolute atomic E-state index is 13.4. The second kappa shape index (κ2) is 9.68. The highest BCUT2D eigenvalue weighted by Crippen LogP contribution is 2.31. The molecule has 10 nitrogen and oxygen atoms in total. The summed E-state index contributed by atoms with van der Waals surface area (Å²) in [7, 11) is 3.59. The summed E-state index contributed by atoms with van der Waals surface area (Å²) >= 11 is 0. The Kier molecular flexibility index (Phi) is 6.49. The molecule has 0 aliphatic carbocycles. The van der Waals surface area contributed by atoms with Gasteiger partial charge in [0.25, 0.3) is 0 Å². The molecule has 10 heteroatoms. The van der Waals surface area contributed by atoms with Gasteiger partial charge >= 0.3 is 11.7 Å². The first-order valence-electron chi connectivity index (χ1n) is 12.9. The molecular weight excluding hydrogens is 494 g/mol. The van der Waals surface area contributed by atoms with Gasteiger partial charge in [0.1, 0.15) is 5.60 Å². The van der Waals surface area contributed by atoms with Crippen LogP contribution in [0.15, 0.2) is 47.7 Å². The Balaban J connectivity index is 1.55. The highest BCUT2D eigenvalue weighted by molar-refractivity contribution is 6.04. The molecule has 0 bridgehead atoms. The smallest absolute Gasteiger partial charge is 0.333 e. The van der Waals surface area contributed by atoms with Crippen LogP contribution in [-0.2, 0) is 23.6 Å². The summed E-state index contributed by atoms with van der Waals surface area (Å²) < 4.78 is 10.4. The Hall–Kier alpha value is -4.47. The van der Waals surface area contributed by atoms with Crippen LogP contribution in [0.2, 0.25) is 0 Å². The van der Waals surface area contributed by atoms with Crippen molar-refractivity contribution in [1.29, 1.82) is 0 Å². The predicted octanol–water partition coefficient (Wildman–Crippen LogP) is 4.43. The van der Waals surface area contributed by atoms with Gasteiger partial charge in [0.2, 0.25) is 0 Å². The summed E-state index contributed by atoms with van der Waals surface area (Å²) in [5, 5.41) is 8.62. The molecule has 0 amide bonds. The number of carbonyl (C=O) groups is 1. The first kappa shape index (κ1) is 26.1. The first-order valence-corrected chi connectivity index (χ1v) is 12.9. The summed E-state index contributed by atoms with van der Waals surface area (Å²) in [6.07, 6.45) is 5.67. The van der Waals surface area contributed by atoms with Crippen LogP contribution in [0.5, 0.6) is 0 Å². The molecule has 4 heterocycles. The number of aryl methyl sites for hydroxylation is 4.